The predicted octanol–water partition coefficient (Wildman–Crippen LogP) is 1.90. The summed E-state index contributed by atoms with van der Waals surface area (Å²) in [5.41, 5.74) is 1.69. The summed E-state index contributed by atoms with van der Waals surface area (Å²) in [7, 11) is 0. The number of nitrogens with one attached hydrogen (secondary N) is 3. The molecule has 0 bridgehead atoms. The van der Waals surface area contributed by atoms with E-state index in [1.807, 2.05) is 6.92 Å². The second-order valence-electron chi connectivity index (χ2n) is 6.37. The van der Waals surface area contributed by atoms with Gasteiger partial charge in [0.05, 0.1) is 0 Å². The largest absolute Gasteiger partial charge is 0.348 e. The van der Waals surface area contributed by atoms with E-state index in [0.717, 1.165) is 25.1 Å². The van der Waals surface area contributed by atoms with Crippen LogP contribution >= 0.6 is 0 Å². The van der Waals surface area contributed by atoms with Gasteiger partial charge in [-0.1, -0.05) is 19.3 Å². The number of carbonyl (C=O) groups is 1. The summed E-state index contributed by atoms with van der Waals surface area (Å²) >= 11 is 0. The van der Waals surface area contributed by atoms with E-state index < -0.39 is 0 Å². The number of aromatic amines is 1. The van der Waals surface area contributed by atoms with E-state index in [1.54, 1.807) is 6.07 Å². The topological polar surface area (TPSA) is 69.8 Å². The van der Waals surface area contributed by atoms with Crippen LogP contribution in [0.3, 0.4) is 0 Å². The van der Waals surface area contributed by atoms with Crippen LogP contribution in [0.25, 0.3) is 0 Å². The third kappa shape index (κ3) is 2.87. The highest BCUT2D eigenvalue weighted by molar-refractivity contribution is 5.92. The normalized spacial score (nSPS) is 25.6. The molecule has 2 aliphatic rings. The van der Waals surface area contributed by atoms with Gasteiger partial charge in [0.2, 0.25) is 0 Å². The molecule has 3 rings (SSSR count). The van der Waals surface area contributed by atoms with Crippen LogP contribution < -0.4 is 10.6 Å². The number of aromatic nitrogens is 2. The van der Waals surface area contributed by atoms with Crippen molar-refractivity contribution in [3.63, 3.8) is 0 Å². The van der Waals surface area contributed by atoms with Gasteiger partial charge >= 0.3 is 0 Å². The van der Waals surface area contributed by atoms with Crippen LogP contribution in [0.4, 0.5) is 0 Å². The molecule has 1 aliphatic heterocycles. The minimum atomic E-state index is -0.0489. The second kappa shape index (κ2) is 5.56. The lowest BCUT2D eigenvalue weighted by molar-refractivity contribution is 0.0887. The van der Waals surface area contributed by atoms with Crippen LogP contribution in [-0.2, 0) is 0 Å². The molecular weight excluding hydrogens is 252 g/mol. The molecule has 0 aromatic carbocycles. The Morgan fingerprint density at radius 2 is 2.20 bits per heavy atom. The summed E-state index contributed by atoms with van der Waals surface area (Å²) in [5, 5.41) is 13.7. The zero-order valence-electron chi connectivity index (χ0n) is 12.2. The Morgan fingerprint density at radius 3 is 2.90 bits per heavy atom. The van der Waals surface area contributed by atoms with Crippen LogP contribution in [-0.4, -0.2) is 34.2 Å². The van der Waals surface area contributed by atoms with Gasteiger partial charge in [0.1, 0.15) is 5.69 Å². The average molecular weight is 276 g/mol. The van der Waals surface area contributed by atoms with E-state index in [2.05, 4.69) is 20.8 Å². The number of hydrogen-bond donors (Lipinski definition) is 3. The highest BCUT2D eigenvalue weighted by Gasteiger charge is 2.37. The Kier molecular flexibility index (Phi) is 3.78. The molecular formula is C15H24N4O. The van der Waals surface area contributed by atoms with Crippen LogP contribution in [0, 0.1) is 6.92 Å². The fraction of sp³-hybridized carbons (Fsp3) is 0.733. The molecule has 1 aromatic heterocycles. The van der Waals surface area contributed by atoms with Gasteiger partial charge in [-0.3, -0.25) is 9.89 Å². The molecule has 20 heavy (non-hydrogen) atoms. The van der Waals surface area contributed by atoms with Crippen LogP contribution in [0.1, 0.15) is 61.1 Å². The first-order chi connectivity index (χ1) is 9.67. The SMILES string of the molecule is Cc1cc(C(=O)NC2CCNC3(CCCCC3)C2)n[nH]1. The fourth-order valence-corrected chi connectivity index (χ4v) is 3.68. The van der Waals surface area contributed by atoms with Crippen LogP contribution in [0.5, 0.6) is 0 Å². The van der Waals surface area contributed by atoms with E-state index in [-0.39, 0.29) is 17.5 Å². The molecule has 1 aliphatic carbocycles. The van der Waals surface area contributed by atoms with Crippen LogP contribution in [0.15, 0.2) is 6.07 Å². The van der Waals surface area contributed by atoms with E-state index >= 15 is 0 Å². The molecule has 1 atom stereocenters. The first-order valence-electron chi connectivity index (χ1n) is 7.75. The van der Waals surface area contributed by atoms with Gasteiger partial charge < -0.3 is 10.6 Å². The van der Waals surface area contributed by atoms with Gasteiger partial charge in [-0.05, 0) is 45.2 Å². The highest BCUT2D eigenvalue weighted by atomic mass is 16.2. The van der Waals surface area contributed by atoms with Crippen molar-refractivity contribution in [1.29, 1.82) is 0 Å². The van der Waals surface area contributed by atoms with Gasteiger partial charge in [0.25, 0.3) is 5.91 Å². The number of carbonyl (C=O) groups excluding carboxylic acids is 1. The van der Waals surface area contributed by atoms with E-state index in [4.69, 9.17) is 0 Å². The molecule has 1 unspecified atom stereocenters. The summed E-state index contributed by atoms with van der Waals surface area (Å²) in [5.74, 6) is -0.0489. The van der Waals surface area contributed by atoms with Crippen LogP contribution in [0.2, 0.25) is 0 Å². The molecule has 1 saturated carbocycles. The Bertz CT molecular complexity index is 470. The molecule has 2 heterocycles. The Hall–Kier alpha value is -1.36. The smallest absolute Gasteiger partial charge is 0.271 e. The maximum Gasteiger partial charge on any atom is 0.271 e. The molecule has 5 heteroatoms. The number of amides is 1. The molecule has 0 radical (unpaired) electrons. The Morgan fingerprint density at radius 1 is 1.40 bits per heavy atom. The van der Waals surface area contributed by atoms with Crippen molar-refractivity contribution in [2.24, 2.45) is 0 Å². The number of piperidine rings is 1. The standard InChI is InChI=1S/C15H24N4O/c1-11-9-13(19-18-11)14(20)17-12-5-8-16-15(10-12)6-3-2-4-7-15/h9,12,16H,2-8,10H2,1H3,(H,17,20)(H,18,19). The molecule has 1 aromatic rings. The van der Waals surface area contributed by atoms with Crippen molar-refractivity contribution >= 4 is 5.91 Å². The average Bonchev–Trinajstić information content (AvgIpc) is 2.86. The molecule has 2 fully saturated rings. The van der Waals surface area contributed by atoms with E-state index in [9.17, 15) is 4.79 Å². The van der Waals surface area contributed by atoms with E-state index in [1.165, 1.54) is 32.1 Å². The lowest BCUT2D eigenvalue weighted by atomic mass is 9.75. The summed E-state index contributed by atoms with van der Waals surface area (Å²) in [6, 6.07) is 2.08. The summed E-state index contributed by atoms with van der Waals surface area (Å²) in [6.45, 7) is 2.91. The maximum absolute atomic E-state index is 12.2. The molecule has 3 N–H and O–H groups in total. The van der Waals surface area contributed by atoms with Crippen molar-refractivity contribution < 1.29 is 4.79 Å². The number of rotatable bonds is 2. The zero-order chi connectivity index (χ0) is 14.0. The number of nitrogens with zero attached hydrogens (tertiary/aromatic N) is 1. The van der Waals surface area contributed by atoms with Gasteiger partial charge in [0.15, 0.2) is 0 Å². The molecule has 1 saturated heterocycles. The first kappa shape index (κ1) is 13.6. The zero-order valence-corrected chi connectivity index (χ0v) is 12.2. The van der Waals surface area contributed by atoms with Crippen molar-refractivity contribution in [1.82, 2.24) is 20.8 Å². The van der Waals surface area contributed by atoms with Crippen molar-refractivity contribution in [3.05, 3.63) is 17.5 Å². The number of H-pyrrole nitrogens is 1. The molecule has 110 valence electrons. The predicted molar refractivity (Wildman–Crippen MR) is 77.6 cm³/mol. The van der Waals surface area contributed by atoms with Gasteiger partial charge in [0, 0.05) is 17.3 Å². The van der Waals surface area contributed by atoms with Gasteiger partial charge in [-0.25, -0.2) is 0 Å². The number of aryl methyl sites for hydroxylation is 1. The lowest BCUT2D eigenvalue weighted by Gasteiger charge is -2.44. The molecule has 1 amide bonds. The minimum absolute atomic E-state index is 0.0489. The molecule has 5 nitrogen and oxygen atoms in total. The summed E-state index contributed by atoms with van der Waals surface area (Å²) in [4.78, 5) is 12.2. The first-order valence-corrected chi connectivity index (χ1v) is 7.75. The highest BCUT2D eigenvalue weighted by Crippen LogP contribution is 2.34. The fourth-order valence-electron chi connectivity index (χ4n) is 3.68. The third-order valence-corrected chi connectivity index (χ3v) is 4.71. The number of hydrogen-bond acceptors (Lipinski definition) is 3. The maximum atomic E-state index is 12.2. The van der Waals surface area contributed by atoms with Gasteiger partial charge in [-0.15, -0.1) is 0 Å². The van der Waals surface area contributed by atoms with E-state index in [0.29, 0.717) is 5.69 Å². The lowest BCUT2D eigenvalue weighted by Crippen LogP contribution is -2.57. The summed E-state index contributed by atoms with van der Waals surface area (Å²) in [6.07, 6.45) is 8.55. The van der Waals surface area contributed by atoms with Crippen molar-refractivity contribution in [2.45, 2.75) is 63.5 Å². The minimum Gasteiger partial charge on any atom is -0.348 e. The third-order valence-electron chi connectivity index (χ3n) is 4.71. The second-order valence-corrected chi connectivity index (χ2v) is 6.37. The Labute approximate surface area is 119 Å². The monoisotopic (exact) mass is 276 g/mol. The molecule has 1 spiro atoms. The van der Waals surface area contributed by atoms with Crippen molar-refractivity contribution in [3.8, 4) is 0 Å². The van der Waals surface area contributed by atoms with Gasteiger partial charge in [-0.2, -0.15) is 5.10 Å². The summed E-state index contributed by atoms with van der Waals surface area (Å²) < 4.78 is 0. The Balaban J connectivity index is 1.61. The quantitative estimate of drug-likeness (QED) is 0.772. The van der Waals surface area contributed by atoms with Crippen molar-refractivity contribution in [2.75, 3.05) is 6.54 Å².